The minimum Gasteiger partial charge on any atom is -0.368 e. The molecule has 94 valence electrons. The Bertz CT molecular complexity index is 356. The van der Waals surface area contributed by atoms with E-state index in [0.717, 1.165) is 24.9 Å². The summed E-state index contributed by atoms with van der Waals surface area (Å²) in [6, 6.07) is 2.12. The van der Waals surface area contributed by atoms with E-state index in [1.807, 2.05) is 19.4 Å². The first-order chi connectivity index (χ1) is 8.35. The monoisotopic (exact) mass is 251 g/mol. The largest absolute Gasteiger partial charge is 0.368 e. The van der Waals surface area contributed by atoms with Gasteiger partial charge in [0, 0.05) is 36.8 Å². The van der Waals surface area contributed by atoms with Crippen molar-refractivity contribution in [2.75, 3.05) is 30.8 Å². The van der Waals surface area contributed by atoms with Crippen molar-refractivity contribution in [1.82, 2.24) is 10.3 Å². The second-order valence-corrected chi connectivity index (χ2v) is 5.79. The second kappa shape index (κ2) is 6.26. The Balaban J connectivity index is 2.15. The molecule has 0 aliphatic carbocycles. The maximum atomic E-state index is 4.28. The normalized spacial score (nSPS) is 20.6. The summed E-state index contributed by atoms with van der Waals surface area (Å²) in [6.45, 7) is 5.49. The Morgan fingerprint density at radius 1 is 1.59 bits per heavy atom. The summed E-state index contributed by atoms with van der Waals surface area (Å²) >= 11 is 2.10. The van der Waals surface area contributed by atoms with Crippen LogP contribution in [-0.2, 0) is 6.54 Å². The lowest BCUT2D eigenvalue weighted by atomic mass is 10.2. The van der Waals surface area contributed by atoms with E-state index in [2.05, 4.69) is 40.0 Å². The zero-order chi connectivity index (χ0) is 12.1. The molecule has 0 bridgehead atoms. The van der Waals surface area contributed by atoms with Crippen molar-refractivity contribution in [3.05, 3.63) is 24.0 Å². The Morgan fingerprint density at radius 3 is 3.24 bits per heavy atom. The number of pyridine rings is 1. The summed E-state index contributed by atoms with van der Waals surface area (Å²) in [5.41, 5.74) is 2.66. The van der Waals surface area contributed by atoms with Gasteiger partial charge in [-0.05, 0) is 25.1 Å². The molecule has 1 N–H and O–H groups in total. The molecular formula is C13H21N3S. The number of aromatic nitrogens is 1. The van der Waals surface area contributed by atoms with Crippen LogP contribution in [0.4, 0.5) is 5.69 Å². The summed E-state index contributed by atoms with van der Waals surface area (Å²) < 4.78 is 0. The third-order valence-electron chi connectivity index (χ3n) is 3.19. The zero-order valence-corrected chi connectivity index (χ0v) is 11.5. The van der Waals surface area contributed by atoms with Gasteiger partial charge in [0.15, 0.2) is 0 Å². The Hall–Kier alpha value is -0.740. The highest BCUT2D eigenvalue weighted by Crippen LogP contribution is 2.27. The highest BCUT2D eigenvalue weighted by Gasteiger charge is 2.20. The maximum Gasteiger partial charge on any atom is 0.0598 e. The quantitative estimate of drug-likeness (QED) is 0.887. The molecule has 3 nitrogen and oxygen atoms in total. The molecule has 1 unspecified atom stereocenters. The standard InChI is InChI=1S/C13H21N3S/c1-3-12-10-16(6-7-17-12)13-9-15-5-4-11(13)8-14-2/h4-5,9,12,14H,3,6-8,10H2,1-2H3. The minimum absolute atomic E-state index is 0.770. The molecule has 1 aromatic heterocycles. The van der Waals surface area contributed by atoms with Crippen molar-refractivity contribution >= 4 is 17.4 Å². The van der Waals surface area contributed by atoms with Crippen molar-refractivity contribution in [1.29, 1.82) is 0 Å². The van der Waals surface area contributed by atoms with Gasteiger partial charge in [0.1, 0.15) is 0 Å². The topological polar surface area (TPSA) is 28.2 Å². The van der Waals surface area contributed by atoms with Crippen LogP contribution >= 0.6 is 11.8 Å². The zero-order valence-electron chi connectivity index (χ0n) is 10.6. The molecular weight excluding hydrogens is 230 g/mol. The Morgan fingerprint density at radius 2 is 2.47 bits per heavy atom. The fraction of sp³-hybridized carbons (Fsp3) is 0.615. The van der Waals surface area contributed by atoms with Crippen LogP contribution in [0.5, 0.6) is 0 Å². The van der Waals surface area contributed by atoms with Gasteiger partial charge in [-0.25, -0.2) is 0 Å². The van der Waals surface area contributed by atoms with Gasteiger partial charge in [-0.1, -0.05) is 6.92 Å². The lowest BCUT2D eigenvalue weighted by Gasteiger charge is -2.34. The number of anilines is 1. The molecule has 0 aromatic carbocycles. The highest BCUT2D eigenvalue weighted by molar-refractivity contribution is 8.00. The first-order valence-corrected chi connectivity index (χ1v) is 7.34. The molecule has 1 saturated heterocycles. The smallest absolute Gasteiger partial charge is 0.0598 e. The van der Waals surface area contributed by atoms with E-state index >= 15 is 0 Å². The summed E-state index contributed by atoms with van der Waals surface area (Å²) in [6.07, 6.45) is 5.14. The molecule has 17 heavy (non-hydrogen) atoms. The van der Waals surface area contributed by atoms with E-state index in [1.54, 1.807) is 0 Å². The van der Waals surface area contributed by atoms with Gasteiger partial charge in [0.05, 0.1) is 11.9 Å². The highest BCUT2D eigenvalue weighted by atomic mass is 32.2. The summed E-state index contributed by atoms with van der Waals surface area (Å²) in [4.78, 5) is 6.77. The number of hydrogen-bond acceptors (Lipinski definition) is 4. The second-order valence-electron chi connectivity index (χ2n) is 4.38. The molecule has 1 aliphatic rings. The maximum absolute atomic E-state index is 4.28. The molecule has 2 rings (SSSR count). The molecule has 0 amide bonds. The predicted molar refractivity (Wildman–Crippen MR) is 75.8 cm³/mol. The van der Waals surface area contributed by atoms with E-state index in [0.29, 0.717) is 0 Å². The van der Waals surface area contributed by atoms with Gasteiger partial charge in [-0.15, -0.1) is 0 Å². The molecule has 2 heterocycles. The lowest BCUT2D eigenvalue weighted by molar-refractivity contribution is 0.717. The molecule has 4 heteroatoms. The van der Waals surface area contributed by atoms with E-state index < -0.39 is 0 Å². The van der Waals surface area contributed by atoms with Crippen LogP contribution in [0.1, 0.15) is 18.9 Å². The van der Waals surface area contributed by atoms with Crippen LogP contribution < -0.4 is 10.2 Å². The molecule has 1 fully saturated rings. The fourth-order valence-corrected chi connectivity index (χ4v) is 3.40. The Kier molecular flexibility index (Phi) is 4.68. The third-order valence-corrected chi connectivity index (χ3v) is 4.56. The predicted octanol–water partition coefficient (Wildman–Crippen LogP) is 2.13. The van der Waals surface area contributed by atoms with Crippen molar-refractivity contribution in [2.45, 2.75) is 25.1 Å². The molecule has 0 radical (unpaired) electrons. The van der Waals surface area contributed by atoms with Gasteiger partial charge in [-0.3, -0.25) is 4.98 Å². The molecule has 1 aromatic rings. The van der Waals surface area contributed by atoms with Crippen molar-refractivity contribution in [3.8, 4) is 0 Å². The molecule has 1 atom stereocenters. The van der Waals surface area contributed by atoms with Gasteiger partial charge < -0.3 is 10.2 Å². The van der Waals surface area contributed by atoms with Gasteiger partial charge >= 0.3 is 0 Å². The number of nitrogens with zero attached hydrogens (tertiary/aromatic N) is 2. The average Bonchev–Trinajstić information content (AvgIpc) is 2.40. The Labute approximate surface area is 108 Å². The van der Waals surface area contributed by atoms with E-state index in [4.69, 9.17) is 0 Å². The van der Waals surface area contributed by atoms with Crippen molar-refractivity contribution < 1.29 is 0 Å². The summed E-state index contributed by atoms with van der Waals surface area (Å²) in [5, 5.41) is 4.00. The van der Waals surface area contributed by atoms with E-state index in [9.17, 15) is 0 Å². The van der Waals surface area contributed by atoms with Crippen LogP contribution in [0.25, 0.3) is 0 Å². The average molecular weight is 251 g/mol. The van der Waals surface area contributed by atoms with Gasteiger partial charge in [-0.2, -0.15) is 11.8 Å². The van der Waals surface area contributed by atoms with Gasteiger partial charge in [0.25, 0.3) is 0 Å². The van der Waals surface area contributed by atoms with Crippen LogP contribution in [0, 0.1) is 0 Å². The number of nitrogens with one attached hydrogen (secondary N) is 1. The van der Waals surface area contributed by atoms with Crippen LogP contribution in [-0.4, -0.2) is 36.1 Å². The third kappa shape index (κ3) is 3.13. The van der Waals surface area contributed by atoms with Crippen molar-refractivity contribution in [2.24, 2.45) is 0 Å². The summed E-state index contributed by atoms with van der Waals surface area (Å²) in [7, 11) is 1.99. The van der Waals surface area contributed by atoms with E-state index in [-0.39, 0.29) is 0 Å². The molecule has 0 spiro atoms. The first kappa shape index (κ1) is 12.7. The minimum atomic E-state index is 0.770. The van der Waals surface area contributed by atoms with Crippen molar-refractivity contribution in [3.63, 3.8) is 0 Å². The van der Waals surface area contributed by atoms with Crippen LogP contribution in [0.2, 0.25) is 0 Å². The number of rotatable bonds is 4. The van der Waals surface area contributed by atoms with Gasteiger partial charge in [0.2, 0.25) is 0 Å². The first-order valence-electron chi connectivity index (χ1n) is 6.29. The molecule has 1 aliphatic heterocycles. The number of thioether (sulfide) groups is 1. The number of hydrogen-bond donors (Lipinski definition) is 1. The van der Waals surface area contributed by atoms with E-state index in [1.165, 1.54) is 23.4 Å². The SMILES string of the molecule is CCC1CN(c2cnccc2CNC)CCS1. The van der Waals surface area contributed by atoms with Crippen LogP contribution in [0.15, 0.2) is 18.5 Å². The fourth-order valence-electron chi connectivity index (χ4n) is 2.22. The molecule has 0 saturated carbocycles. The lowest BCUT2D eigenvalue weighted by Crippen LogP contribution is -2.38. The van der Waals surface area contributed by atoms with Crippen LogP contribution in [0.3, 0.4) is 0 Å². The summed E-state index contributed by atoms with van der Waals surface area (Å²) in [5.74, 6) is 1.23.